The Hall–Kier alpha value is -0.710. The number of pyridine rings is 1. The molecule has 0 fully saturated rings. The number of rotatable bonds is 2. The summed E-state index contributed by atoms with van der Waals surface area (Å²) in [7, 11) is 0. The predicted molar refractivity (Wildman–Crippen MR) is 74.8 cm³/mol. The minimum absolute atomic E-state index is 0.769. The second-order valence-electron chi connectivity index (χ2n) is 3.97. The van der Waals surface area contributed by atoms with Gasteiger partial charge in [0.05, 0.1) is 0 Å². The van der Waals surface area contributed by atoms with E-state index in [1.165, 1.54) is 0 Å². The standard InChI is InChI=1S/C13H11Br2NO/c1-13(17,9-3-2-4-16-8-9)10-5-11(14)7-12(15)6-10/h2-8,17H,1H3. The lowest BCUT2D eigenvalue weighted by atomic mass is 9.89. The quantitative estimate of drug-likeness (QED) is 0.886. The molecule has 1 aromatic carbocycles. The first kappa shape index (κ1) is 12.7. The fourth-order valence-corrected chi connectivity index (χ4v) is 2.95. The molecule has 4 heteroatoms. The van der Waals surface area contributed by atoms with Crippen LogP contribution in [0.4, 0.5) is 0 Å². The maximum Gasteiger partial charge on any atom is 0.113 e. The third-order valence-corrected chi connectivity index (χ3v) is 3.56. The molecule has 17 heavy (non-hydrogen) atoms. The fraction of sp³-hybridized carbons (Fsp3) is 0.154. The predicted octanol–water partition coefficient (Wildman–Crippen LogP) is 3.86. The number of aliphatic hydroxyl groups is 1. The Balaban J connectivity index is 2.51. The molecule has 0 saturated carbocycles. The molecule has 0 radical (unpaired) electrons. The van der Waals surface area contributed by atoms with E-state index in [1.54, 1.807) is 19.3 Å². The molecule has 0 bridgehead atoms. The van der Waals surface area contributed by atoms with E-state index >= 15 is 0 Å². The van der Waals surface area contributed by atoms with Gasteiger partial charge in [0.25, 0.3) is 0 Å². The maximum atomic E-state index is 10.6. The average molecular weight is 357 g/mol. The summed E-state index contributed by atoms with van der Waals surface area (Å²) >= 11 is 6.84. The van der Waals surface area contributed by atoms with Gasteiger partial charge in [-0.25, -0.2) is 0 Å². The Morgan fingerprint density at radius 1 is 1.12 bits per heavy atom. The zero-order valence-corrected chi connectivity index (χ0v) is 12.4. The van der Waals surface area contributed by atoms with Crippen LogP contribution in [0.25, 0.3) is 0 Å². The number of halogens is 2. The van der Waals surface area contributed by atoms with Crippen LogP contribution < -0.4 is 0 Å². The smallest absolute Gasteiger partial charge is 0.113 e. The minimum atomic E-state index is -1.05. The summed E-state index contributed by atoms with van der Waals surface area (Å²) in [5.74, 6) is 0. The molecule has 1 atom stereocenters. The van der Waals surface area contributed by atoms with Gasteiger partial charge in [-0.1, -0.05) is 37.9 Å². The molecule has 2 rings (SSSR count). The van der Waals surface area contributed by atoms with Crippen molar-refractivity contribution in [1.29, 1.82) is 0 Å². The first-order valence-electron chi connectivity index (χ1n) is 5.09. The van der Waals surface area contributed by atoms with Gasteiger partial charge in [0.15, 0.2) is 0 Å². The highest BCUT2D eigenvalue weighted by Gasteiger charge is 2.26. The Bertz CT molecular complexity index is 506. The third kappa shape index (κ3) is 2.76. The van der Waals surface area contributed by atoms with Crippen LogP contribution in [0.15, 0.2) is 51.7 Å². The largest absolute Gasteiger partial charge is 0.381 e. The molecule has 0 aliphatic rings. The Morgan fingerprint density at radius 3 is 2.29 bits per heavy atom. The van der Waals surface area contributed by atoms with Crippen molar-refractivity contribution in [3.63, 3.8) is 0 Å². The summed E-state index contributed by atoms with van der Waals surface area (Å²) < 4.78 is 1.84. The topological polar surface area (TPSA) is 33.1 Å². The van der Waals surface area contributed by atoms with Crippen molar-refractivity contribution < 1.29 is 5.11 Å². The van der Waals surface area contributed by atoms with Gasteiger partial charge in [0.1, 0.15) is 5.60 Å². The van der Waals surface area contributed by atoms with Gasteiger partial charge in [0, 0.05) is 26.9 Å². The Labute approximate surface area is 117 Å². The summed E-state index contributed by atoms with van der Waals surface area (Å²) in [6.45, 7) is 1.76. The van der Waals surface area contributed by atoms with Gasteiger partial charge in [-0.05, 0) is 36.8 Å². The van der Waals surface area contributed by atoms with E-state index in [4.69, 9.17) is 0 Å². The lowest BCUT2D eigenvalue weighted by Crippen LogP contribution is -2.22. The van der Waals surface area contributed by atoms with E-state index in [0.717, 1.165) is 20.1 Å². The van der Waals surface area contributed by atoms with Crippen molar-refractivity contribution in [3.05, 3.63) is 62.8 Å². The summed E-state index contributed by atoms with van der Waals surface area (Å²) in [4.78, 5) is 4.04. The van der Waals surface area contributed by atoms with Crippen LogP contribution in [0, 0.1) is 0 Å². The third-order valence-electron chi connectivity index (χ3n) is 2.65. The fourth-order valence-electron chi connectivity index (χ4n) is 1.65. The van der Waals surface area contributed by atoms with Crippen LogP contribution in [0.2, 0.25) is 0 Å². The zero-order chi connectivity index (χ0) is 12.5. The molecule has 0 aliphatic carbocycles. The van der Waals surface area contributed by atoms with Crippen molar-refractivity contribution in [1.82, 2.24) is 4.98 Å². The van der Waals surface area contributed by atoms with Crippen LogP contribution >= 0.6 is 31.9 Å². The van der Waals surface area contributed by atoms with E-state index in [2.05, 4.69) is 36.8 Å². The van der Waals surface area contributed by atoms with Gasteiger partial charge in [-0.15, -0.1) is 0 Å². The molecule has 2 aromatic rings. The number of hydrogen-bond donors (Lipinski definition) is 1. The Kier molecular flexibility index (Phi) is 3.66. The summed E-state index contributed by atoms with van der Waals surface area (Å²) in [5, 5.41) is 10.6. The molecule has 1 heterocycles. The molecule has 0 saturated heterocycles. The Morgan fingerprint density at radius 2 is 1.76 bits per heavy atom. The highest BCUT2D eigenvalue weighted by atomic mass is 79.9. The monoisotopic (exact) mass is 355 g/mol. The van der Waals surface area contributed by atoms with Gasteiger partial charge in [0.2, 0.25) is 0 Å². The van der Waals surface area contributed by atoms with Crippen LogP contribution in [0.3, 0.4) is 0 Å². The van der Waals surface area contributed by atoms with E-state index in [9.17, 15) is 5.11 Å². The molecule has 88 valence electrons. The molecule has 1 unspecified atom stereocenters. The van der Waals surface area contributed by atoms with Crippen molar-refractivity contribution in [3.8, 4) is 0 Å². The first-order chi connectivity index (χ1) is 8.00. The zero-order valence-electron chi connectivity index (χ0n) is 9.19. The molecule has 0 aliphatic heterocycles. The summed E-state index contributed by atoms with van der Waals surface area (Å²) in [6, 6.07) is 9.41. The summed E-state index contributed by atoms with van der Waals surface area (Å²) in [5.41, 5.74) is 0.525. The van der Waals surface area contributed by atoms with Gasteiger partial charge >= 0.3 is 0 Å². The molecule has 1 aromatic heterocycles. The lowest BCUT2D eigenvalue weighted by molar-refractivity contribution is 0.102. The van der Waals surface area contributed by atoms with E-state index in [1.807, 2.05) is 30.3 Å². The van der Waals surface area contributed by atoms with E-state index in [-0.39, 0.29) is 0 Å². The number of benzene rings is 1. The van der Waals surface area contributed by atoms with Gasteiger partial charge < -0.3 is 5.11 Å². The van der Waals surface area contributed by atoms with Crippen LogP contribution in [-0.4, -0.2) is 10.1 Å². The molecule has 0 spiro atoms. The van der Waals surface area contributed by atoms with Gasteiger partial charge in [-0.3, -0.25) is 4.98 Å². The van der Waals surface area contributed by atoms with Crippen molar-refractivity contribution in [2.45, 2.75) is 12.5 Å². The molecule has 0 amide bonds. The summed E-state index contributed by atoms with van der Waals surface area (Å²) in [6.07, 6.45) is 3.37. The molecular formula is C13H11Br2NO. The average Bonchev–Trinajstić information content (AvgIpc) is 2.29. The molecule has 1 N–H and O–H groups in total. The van der Waals surface area contributed by atoms with Crippen LogP contribution in [0.5, 0.6) is 0 Å². The van der Waals surface area contributed by atoms with Crippen molar-refractivity contribution in [2.24, 2.45) is 0 Å². The number of aromatic nitrogens is 1. The first-order valence-corrected chi connectivity index (χ1v) is 6.68. The maximum absolute atomic E-state index is 10.6. The van der Waals surface area contributed by atoms with E-state index in [0.29, 0.717) is 0 Å². The highest BCUT2D eigenvalue weighted by Crippen LogP contribution is 2.32. The highest BCUT2D eigenvalue weighted by molar-refractivity contribution is 9.11. The van der Waals surface area contributed by atoms with Crippen LogP contribution in [0.1, 0.15) is 18.1 Å². The normalized spacial score (nSPS) is 14.4. The van der Waals surface area contributed by atoms with Crippen LogP contribution in [-0.2, 0) is 5.60 Å². The molecular weight excluding hydrogens is 346 g/mol. The van der Waals surface area contributed by atoms with Gasteiger partial charge in [-0.2, -0.15) is 0 Å². The second-order valence-corrected chi connectivity index (χ2v) is 5.80. The molecule has 2 nitrogen and oxygen atoms in total. The number of hydrogen-bond acceptors (Lipinski definition) is 2. The lowest BCUT2D eigenvalue weighted by Gasteiger charge is -2.24. The van der Waals surface area contributed by atoms with E-state index < -0.39 is 5.60 Å². The van der Waals surface area contributed by atoms with Crippen molar-refractivity contribution in [2.75, 3.05) is 0 Å². The number of nitrogens with zero attached hydrogens (tertiary/aromatic N) is 1. The SMILES string of the molecule is CC(O)(c1cccnc1)c1cc(Br)cc(Br)c1. The second kappa shape index (κ2) is 4.88. The minimum Gasteiger partial charge on any atom is -0.381 e. The van der Waals surface area contributed by atoms with Crippen molar-refractivity contribution >= 4 is 31.9 Å².